The van der Waals surface area contributed by atoms with E-state index in [2.05, 4.69) is 17.2 Å². The summed E-state index contributed by atoms with van der Waals surface area (Å²) < 4.78 is 0. The van der Waals surface area contributed by atoms with Crippen LogP contribution in [0.25, 0.3) is 0 Å². The highest BCUT2D eigenvalue weighted by molar-refractivity contribution is 6.30. The number of nitrogens with zero attached hydrogens (tertiary/aromatic N) is 1. The van der Waals surface area contributed by atoms with Crippen LogP contribution in [0.5, 0.6) is 0 Å². The fraction of sp³-hybridized carbons (Fsp3) is 0.214. The normalized spacial score (nSPS) is 10.2. The van der Waals surface area contributed by atoms with Crippen molar-refractivity contribution in [2.45, 2.75) is 13.3 Å². The van der Waals surface area contributed by atoms with Gasteiger partial charge in [0.05, 0.1) is 0 Å². The Kier molecular flexibility index (Phi) is 3.99. The summed E-state index contributed by atoms with van der Waals surface area (Å²) in [6, 6.07) is 9.97. The van der Waals surface area contributed by atoms with Crippen molar-refractivity contribution in [1.29, 1.82) is 0 Å². The summed E-state index contributed by atoms with van der Waals surface area (Å²) >= 11 is 5.91. The van der Waals surface area contributed by atoms with Crippen molar-refractivity contribution in [1.82, 2.24) is 4.98 Å². The fourth-order valence-corrected chi connectivity index (χ4v) is 1.94. The third-order valence-electron chi connectivity index (χ3n) is 2.67. The number of hydrogen-bond donors (Lipinski definition) is 1. The van der Waals surface area contributed by atoms with Crippen molar-refractivity contribution in [3.63, 3.8) is 0 Å². The van der Waals surface area contributed by atoms with Crippen LogP contribution in [0.4, 0.5) is 5.69 Å². The Morgan fingerprint density at radius 3 is 2.65 bits per heavy atom. The van der Waals surface area contributed by atoms with Crippen LogP contribution in [0, 0.1) is 6.92 Å². The van der Waals surface area contributed by atoms with Gasteiger partial charge in [0.1, 0.15) is 0 Å². The van der Waals surface area contributed by atoms with Crippen molar-refractivity contribution < 1.29 is 0 Å². The molecule has 0 bridgehead atoms. The molecule has 1 aromatic carbocycles. The van der Waals surface area contributed by atoms with Crippen LogP contribution < -0.4 is 5.32 Å². The molecule has 1 aromatic heterocycles. The maximum Gasteiger partial charge on any atom is 0.0410 e. The second-order valence-corrected chi connectivity index (χ2v) is 4.43. The minimum atomic E-state index is 0.780. The molecule has 1 N–H and O–H groups in total. The SMILES string of the molecule is Cc1cc(Cl)ccc1NCCc1ccncc1. The molecule has 0 radical (unpaired) electrons. The quantitative estimate of drug-likeness (QED) is 0.890. The number of rotatable bonds is 4. The molecule has 0 aliphatic carbocycles. The van der Waals surface area contributed by atoms with E-state index in [0.29, 0.717) is 0 Å². The van der Waals surface area contributed by atoms with Gasteiger partial charge in [-0.3, -0.25) is 4.98 Å². The Balaban J connectivity index is 1.90. The van der Waals surface area contributed by atoms with Crippen LogP contribution >= 0.6 is 11.6 Å². The first-order chi connectivity index (χ1) is 8.25. The monoisotopic (exact) mass is 246 g/mol. The molecule has 1 heterocycles. The van der Waals surface area contributed by atoms with E-state index in [-0.39, 0.29) is 0 Å². The predicted molar refractivity (Wildman–Crippen MR) is 72.6 cm³/mol. The van der Waals surface area contributed by atoms with Gasteiger partial charge in [-0.1, -0.05) is 11.6 Å². The zero-order valence-electron chi connectivity index (χ0n) is 9.78. The van der Waals surface area contributed by atoms with E-state index in [1.54, 1.807) is 0 Å². The maximum absolute atomic E-state index is 5.91. The van der Waals surface area contributed by atoms with Gasteiger partial charge in [0, 0.05) is 29.6 Å². The zero-order valence-corrected chi connectivity index (χ0v) is 10.5. The molecule has 88 valence electrons. The van der Waals surface area contributed by atoms with E-state index in [1.165, 1.54) is 11.1 Å². The summed E-state index contributed by atoms with van der Waals surface area (Å²) in [5, 5.41) is 4.19. The number of benzene rings is 1. The molecule has 0 aliphatic rings. The van der Waals surface area contributed by atoms with Crippen LogP contribution in [-0.2, 0) is 6.42 Å². The Hall–Kier alpha value is -1.54. The standard InChI is InChI=1S/C14H15ClN2/c1-11-10-13(15)2-3-14(11)17-9-6-12-4-7-16-8-5-12/h2-5,7-8,10,17H,6,9H2,1H3. The second kappa shape index (κ2) is 5.69. The van der Waals surface area contributed by atoms with Crippen LogP contribution in [0.1, 0.15) is 11.1 Å². The van der Waals surface area contributed by atoms with Crippen molar-refractivity contribution in [2.75, 3.05) is 11.9 Å². The average Bonchev–Trinajstić information content (AvgIpc) is 2.33. The molecular weight excluding hydrogens is 232 g/mol. The van der Waals surface area contributed by atoms with Gasteiger partial charge in [0.2, 0.25) is 0 Å². The summed E-state index contributed by atoms with van der Waals surface area (Å²) in [5.41, 5.74) is 3.61. The van der Waals surface area contributed by atoms with Crippen LogP contribution in [0.15, 0.2) is 42.7 Å². The van der Waals surface area contributed by atoms with E-state index in [9.17, 15) is 0 Å². The molecule has 0 spiro atoms. The molecule has 2 rings (SSSR count). The minimum Gasteiger partial charge on any atom is -0.384 e. The number of aryl methyl sites for hydroxylation is 1. The summed E-state index contributed by atoms with van der Waals surface area (Å²) in [5.74, 6) is 0. The molecule has 0 saturated heterocycles. The Morgan fingerprint density at radius 2 is 1.94 bits per heavy atom. The van der Waals surface area contributed by atoms with E-state index >= 15 is 0 Å². The zero-order chi connectivity index (χ0) is 12.1. The van der Waals surface area contributed by atoms with Gasteiger partial charge < -0.3 is 5.32 Å². The lowest BCUT2D eigenvalue weighted by atomic mass is 10.1. The van der Waals surface area contributed by atoms with Gasteiger partial charge in [0.25, 0.3) is 0 Å². The average molecular weight is 247 g/mol. The van der Waals surface area contributed by atoms with Crippen molar-refractivity contribution >= 4 is 17.3 Å². The number of aromatic nitrogens is 1. The van der Waals surface area contributed by atoms with E-state index < -0.39 is 0 Å². The topological polar surface area (TPSA) is 24.9 Å². The van der Waals surface area contributed by atoms with Crippen molar-refractivity contribution in [3.05, 3.63) is 58.9 Å². The highest BCUT2D eigenvalue weighted by Crippen LogP contribution is 2.19. The van der Waals surface area contributed by atoms with Crippen molar-refractivity contribution in [3.8, 4) is 0 Å². The first-order valence-corrected chi connectivity index (χ1v) is 6.02. The Bertz CT molecular complexity index is 483. The van der Waals surface area contributed by atoms with Crippen molar-refractivity contribution in [2.24, 2.45) is 0 Å². The molecule has 0 saturated carbocycles. The highest BCUT2D eigenvalue weighted by atomic mass is 35.5. The first-order valence-electron chi connectivity index (χ1n) is 5.64. The van der Waals surface area contributed by atoms with Gasteiger partial charge in [-0.2, -0.15) is 0 Å². The van der Waals surface area contributed by atoms with Crippen LogP contribution in [0.2, 0.25) is 5.02 Å². The second-order valence-electron chi connectivity index (χ2n) is 3.99. The Labute approximate surface area is 107 Å². The lowest BCUT2D eigenvalue weighted by Crippen LogP contribution is -2.05. The summed E-state index contributed by atoms with van der Waals surface area (Å²) in [7, 11) is 0. The molecule has 0 amide bonds. The van der Waals surface area contributed by atoms with Gasteiger partial charge in [0.15, 0.2) is 0 Å². The van der Waals surface area contributed by atoms with E-state index in [4.69, 9.17) is 11.6 Å². The Morgan fingerprint density at radius 1 is 1.18 bits per heavy atom. The summed E-state index contributed by atoms with van der Waals surface area (Å²) in [6.45, 7) is 2.97. The van der Waals surface area contributed by atoms with E-state index in [1.807, 2.05) is 42.7 Å². The highest BCUT2D eigenvalue weighted by Gasteiger charge is 1.98. The molecule has 0 atom stereocenters. The third-order valence-corrected chi connectivity index (χ3v) is 2.90. The van der Waals surface area contributed by atoms with Crippen LogP contribution in [-0.4, -0.2) is 11.5 Å². The van der Waals surface area contributed by atoms with Gasteiger partial charge >= 0.3 is 0 Å². The molecular formula is C14H15ClN2. The molecule has 2 aromatic rings. The first kappa shape index (κ1) is 11.9. The number of hydrogen-bond acceptors (Lipinski definition) is 2. The summed E-state index contributed by atoms with van der Waals surface area (Å²) in [4.78, 5) is 4.00. The molecule has 0 aliphatic heterocycles. The molecule has 17 heavy (non-hydrogen) atoms. The predicted octanol–water partition coefficient (Wildman–Crippen LogP) is 3.70. The largest absolute Gasteiger partial charge is 0.384 e. The lowest BCUT2D eigenvalue weighted by molar-refractivity contribution is 1.01. The van der Waals surface area contributed by atoms with Gasteiger partial charge in [-0.15, -0.1) is 0 Å². The van der Waals surface area contributed by atoms with Crippen LogP contribution in [0.3, 0.4) is 0 Å². The van der Waals surface area contributed by atoms with E-state index in [0.717, 1.165) is 23.7 Å². The van der Waals surface area contributed by atoms with Gasteiger partial charge in [-0.25, -0.2) is 0 Å². The minimum absolute atomic E-state index is 0.780. The molecule has 0 unspecified atom stereocenters. The maximum atomic E-state index is 5.91. The lowest BCUT2D eigenvalue weighted by Gasteiger charge is -2.09. The number of halogens is 1. The number of pyridine rings is 1. The summed E-state index contributed by atoms with van der Waals surface area (Å²) in [6.07, 6.45) is 4.64. The van der Waals surface area contributed by atoms with Gasteiger partial charge in [-0.05, 0) is 54.8 Å². The molecule has 0 fully saturated rings. The molecule has 2 nitrogen and oxygen atoms in total. The molecule has 3 heteroatoms. The number of nitrogens with one attached hydrogen (secondary N) is 1. The smallest absolute Gasteiger partial charge is 0.0410 e. The third kappa shape index (κ3) is 3.46. The number of anilines is 1. The fourth-order valence-electron chi connectivity index (χ4n) is 1.72.